The van der Waals surface area contributed by atoms with Gasteiger partial charge in [-0.15, -0.1) is 11.8 Å². The normalized spacial score (nSPS) is 11.2. The van der Waals surface area contributed by atoms with Crippen molar-refractivity contribution in [3.8, 4) is 0 Å². The van der Waals surface area contributed by atoms with Gasteiger partial charge < -0.3 is 5.32 Å². The number of halogens is 1. The average Bonchev–Trinajstić information content (AvgIpc) is 3.18. The third-order valence-electron chi connectivity index (χ3n) is 4.60. The number of fused-ring (bicyclic) bond motifs is 1. The summed E-state index contributed by atoms with van der Waals surface area (Å²) in [5.74, 6) is 0.775. The zero-order valence-corrected chi connectivity index (χ0v) is 19.4. The van der Waals surface area contributed by atoms with Crippen molar-refractivity contribution in [1.29, 1.82) is 0 Å². The van der Waals surface area contributed by atoms with Gasteiger partial charge in [-0.1, -0.05) is 12.1 Å². The molecule has 0 saturated heterocycles. The molecule has 4 rings (SSSR count). The number of hydrogen-bond acceptors (Lipinski definition) is 5. The highest BCUT2D eigenvalue weighted by Gasteiger charge is 2.11. The van der Waals surface area contributed by atoms with Crippen molar-refractivity contribution in [1.82, 2.24) is 19.2 Å². The molecule has 1 N–H and O–H groups in total. The lowest BCUT2D eigenvalue weighted by Crippen LogP contribution is -2.22. The van der Waals surface area contributed by atoms with E-state index in [4.69, 9.17) is 0 Å². The zero-order valence-electron chi connectivity index (χ0n) is 16.9. The molecule has 31 heavy (non-hydrogen) atoms. The number of hydrogen-bond donors (Lipinski definition) is 1. The number of carbonyl (C=O) groups is 1. The van der Waals surface area contributed by atoms with E-state index in [2.05, 4.69) is 31.2 Å². The van der Waals surface area contributed by atoms with E-state index >= 15 is 0 Å². The first-order valence-electron chi connectivity index (χ1n) is 9.67. The number of benzene rings is 2. The number of thioether (sulfide) groups is 1. The van der Waals surface area contributed by atoms with E-state index in [1.165, 1.54) is 4.52 Å². The Hall–Kier alpha value is -2.91. The monoisotopic (exact) mass is 497 g/mol. The largest absolute Gasteiger partial charge is 0.322 e. The smallest absolute Gasteiger partial charge is 0.274 e. The van der Waals surface area contributed by atoms with Crippen molar-refractivity contribution in [2.45, 2.75) is 30.5 Å². The zero-order chi connectivity index (χ0) is 22.0. The molecule has 0 unspecified atom stereocenters. The van der Waals surface area contributed by atoms with E-state index in [1.807, 2.05) is 56.3 Å². The van der Waals surface area contributed by atoms with Gasteiger partial charge in [-0.2, -0.15) is 9.50 Å². The van der Waals surface area contributed by atoms with Crippen molar-refractivity contribution in [3.05, 3.63) is 87.0 Å². The Morgan fingerprint density at radius 3 is 2.61 bits per heavy atom. The van der Waals surface area contributed by atoms with E-state index in [0.29, 0.717) is 28.5 Å². The Kier molecular flexibility index (Phi) is 6.24. The second kappa shape index (κ2) is 9.07. The molecule has 0 aliphatic heterocycles. The van der Waals surface area contributed by atoms with Crippen LogP contribution in [0.1, 0.15) is 35.9 Å². The average molecular weight is 498 g/mol. The first-order valence-corrected chi connectivity index (χ1v) is 11.4. The summed E-state index contributed by atoms with van der Waals surface area (Å²) in [7, 11) is 0. The van der Waals surface area contributed by atoms with Crippen molar-refractivity contribution >= 4 is 45.1 Å². The molecule has 2 aromatic heterocycles. The van der Waals surface area contributed by atoms with Crippen LogP contribution in [-0.2, 0) is 5.75 Å². The Morgan fingerprint density at radius 1 is 1.16 bits per heavy atom. The molecule has 9 heteroatoms. The maximum Gasteiger partial charge on any atom is 0.274 e. The number of rotatable bonds is 6. The summed E-state index contributed by atoms with van der Waals surface area (Å²) in [6.07, 6.45) is 1.63. The van der Waals surface area contributed by atoms with Crippen molar-refractivity contribution < 1.29 is 4.79 Å². The first-order chi connectivity index (χ1) is 14.9. The highest BCUT2D eigenvalue weighted by atomic mass is 79.9. The number of amides is 1. The minimum Gasteiger partial charge on any atom is -0.322 e. The van der Waals surface area contributed by atoms with Crippen molar-refractivity contribution in [3.63, 3.8) is 0 Å². The molecule has 2 aromatic carbocycles. The standard InChI is InChI=1S/C22H20BrN5O2S/c1-14(2)27-13-24-22-26-16(11-20(29)28(22)27)12-31-17-9-7-15(8-10-17)25-21(30)18-5-3-4-6-19(18)23/h3-11,13-14H,12H2,1-2H3,(H,25,30). The highest BCUT2D eigenvalue weighted by Crippen LogP contribution is 2.24. The van der Waals surface area contributed by atoms with Crippen LogP contribution >= 0.6 is 27.7 Å². The SMILES string of the molecule is CC(C)n1cnc2nc(CSc3ccc(NC(=O)c4ccccc4Br)cc3)cc(=O)n21. The molecule has 158 valence electrons. The second-order valence-electron chi connectivity index (χ2n) is 7.16. The molecule has 0 atom stereocenters. The van der Waals surface area contributed by atoms with Crippen LogP contribution in [0.25, 0.3) is 5.78 Å². The van der Waals surface area contributed by atoms with Crippen molar-refractivity contribution in [2.24, 2.45) is 0 Å². The van der Waals surface area contributed by atoms with Gasteiger partial charge >= 0.3 is 0 Å². The molecule has 0 fully saturated rings. The Bertz CT molecular complexity index is 1300. The first kappa shape index (κ1) is 21.3. The van der Waals surface area contributed by atoms with Crippen LogP contribution in [-0.4, -0.2) is 25.1 Å². The molecule has 1 amide bonds. The molecule has 0 aliphatic rings. The summed E-state index contributed by atoms with van der Waals surface area (Å²) < 4.78 is 4.00. The van der Waals surface area contributed by atoms with Gasteiger partial charge in [0.15, 0.2) is 0 Å². The second-order valence-corrected chi connectivity index (χ2v) is 9.07. The van der Waals surface area contributed by atoms with E-state index < -0.39 is 0 Å². The number of nitrogens with one attached hydrogen (secondary N) is 1. The maximum absolute atomic E-state index is 12.5. The van der Waals surface area contributed by atoms with Gasteiger partial charge in [-0.25, -0.2) is 4.98 Å². The fourth-order valence-electron chi connectivity index (χ4n) is 3.05. The summed E-state index contributed by atoms with van der Waals surface area (Å²) >= 11 is 4.96. The molecule has 7 nitrogen and oxygen atoms in total. The van der Waals surface area contributed by atoms with Crippen LogP contribution < -0.4 is 10.9 Å². The van der Waals surface area contributed by atoms with Crippen LogP contribution in [0.4, 0.5) is 5.69 Å². The molecule has 0 radical (unpaired) electrons. The molecule has 0 aliphatic carbocycles. The third-order valence-corrected chi connectivity index (χ3v) is 6.34. The van der Waals surface area contributed by atoms with E-state index in [-0.39, 0.29) is 17.5 Å². The van der Waals surface area contributed by atoms with Crippen molar-refractivity contribution in [2.75, 3.05) is 5.32 Å². The lowest BCUT2D eigenvalue weighted by atomic mass is 10.2. The molecular formula is C22H20BrN5O2S. The molecule has 0 spiro atoms. The van der Waals surface area contributed by atoms with Gasteiger partial charge in [0, 0.05) is 32.9 Å². The van der Waals surface area contributed by atoms with E-state index in [9.17, 15) is 9.59 Å². The number of anilines is 1. The fourth-order valence-corrected chi connectivity index (χ4v) is 4.30. The van der Waals surface area contributed by atoms with Gasteiger partial charge in [0.25, 0.3) is 17.2 Å². The molecule has 0 bridgehead atoms. The Balaban J connectivity index is 1.42. The lowest BCUT2D eigenvalue weighted by Gasteiger charge is -2.09. The Morgan fingerprint density at radius 2 is 1.90 bits per heavy atom. The number of nitrogens with zero attached hydrogens (tertiary/aromatic N) is 4. The summed E-state index contributed by atoms with van der Waals surface area (Å²) in [5, 5.41) is 2.89. The van der Waals surface area contributed by atoms with Gasteiger partial charge in [-0.3, -0.25) is 14.3 Å². The van der Waals surface area contributed by atoms with Crippen LogP contribution in [0, 0.1) is 0 Å². The van der Waals surface area contributed by atoms with Gasteiger partial charge in [0.05, 0.1) is 11.3 Å². The molecule has 0 saturated carbocycles. The van der Waals surface area contributed by atoms with E-state index in [0.717, 1.165) is 9.37 Å². The summed E-state index contributed by atoms with van der Waals surface area (Å²) in [5.41, 5.74) is 1.82. The van der Waals surface area contributed by atoms with Gasteiger partial charge in [0.2, 0.25) is 0 Å². The van der Waals surface area contributed by atoms with Gasteiger partial charge in [0.1, 0.15) is 6.33 Å². The quantitative estimate of drug-likeness (QED) is 0.387. The predicted octanol–water partition coefficient (Wildman–Crippen LogP) is 4.78. The fraction of sp³-hybridized carbons (Fsp3) is 0.182. The molecular weight excluding hydrogens is 478 g/mol. The molecule has 4 aromatic rings. The topological polar surface area (TPSA) is 81.3 Å². The predicted molar refractivity (Wildman–Crippen MR) is 126 cm³/mol. The number of carbonyl (C=O) groups excluding carboxylic acids is 1. The van der Waals surface area contributed by atoms with Crippen LogP contribution in [0.2, 0.25) is 0 Å². The number of aromatic nitrogens is 4. The Labute approximate surface area is 191 Å². The molecule has 2 heterocycles. The summed E-state index contributed by atoms with van der Waals surface area (Å²) in [4.78, 5) is 34.7. The minimum absolute atomic E-state index is 0.117. The van der Waals surface area contributed by atoms with Crippen LogP contribution in [0.5, 0.6) is 0 Å². The van der Waals surface area contributed by atoms with Crippen LogP contribution in [0.3, 0.4) is 0 Å². The van der Waals surface area contributed by atoms with Gasteiger partial charge in [-0.05, 0) is 66.2 Å². The maximum atomic E-state index is 12.5. The lowest BCUT2D eigenvalue weighted by molar-refractivity contribution is 0.102. The van der Waals surface area contributed by atoms with Crippen LogP contribution in [0.15, 0.2) is 75.1 Å². The summed E-state index contributed by atoms with van der Waals surface area (Å²) in [6.45, 7) is 3.98. The third kappa shape index (κ3) is 4.72. The summed E-state index contributed by atoms with van der Waals surface area (Å²) in [6, 6.07) is 16.5. The highest BCUT2D eigenvalue weighted by molar-refractivity contribution is 9.10. The van der Waals surface area contributed by atoms with E-state index in [1.54, 1.807) is 34.9 Å². The minimum atomic E-state index is -0.174.